The zero-order valence-electron chi connectivity index (χ0n) is 11.6. The Morgan fingerprint density at radius 2 is 2.24 bits per heavy atom. The van der Waals surface area contributed by atoms with Crippen LogP contribution in [0.2, 0.25) is 5.02 Å². The first-order chi connectivity index (χ1) is 9.97. The summed E-state index contributed by atoms with van der Waals surface area (Å²) in [5, 5.41) is 4.98. The van der Waals surface area contributed by atoms with E-state index in [1.807, 2.05) is 24.4 Å². The number of nitrogens with zero attached hydrogens (tertiary/aromatic N) is 1. The van der Waals surface area contributed by atoms with Crippen LogP contribution in [-0.2, 0) is 10.0 Å². The second-order valence-electron chi connectivity index (χ2n) is 4.35. The average Bonchev–Trinajstić information content (AvgIpc) is 2.98. The van der Waals surface area contributed by atoms with Crippen LogP contribution in [0.25, 0.3) is 0 Å². The van der Waals surface area contributed by atoms with E-state index in [4.69, 9.17) is 11.6 Å². The van der Waals surface area contributed by atoms with Gasteiger partial charge in [0.25, 0.3) is 0 Å². The normalized spacial score (nSPS) is 13.1. The first-order valence-corrected chi connectivity index (χ1v) is 9.11. The third-order valence-corrected chi connectivity index (χ3v) is 5.67. The molecule has 5 nitrogen and oxygen atoms in total. The number of thiophene rings is 1. The molecule has 2 heterocycles. The fourth-order valence-electron chi connectivity index (χ4n) is 1.84. The maximum Gasteiger partial charge on any atom is 0.242 e. The van der Waals surface area contributed by atoms with Crippen molar-refractivity contribution in [2.24, 2.45) is 0 Å². The van der Waals surface area contributed by atoms with Gasteiger partial charge in [-0.05, 0) is 23.9 Å². The average molecular weight is 346 g/mol. The number of rotatable bonds is 6. The summed E-state index contributed by atoms with van der Waals surface area (Å²) in [5.41, 5.74) is 0. The molecule has 0 bridgehead atoms. The van der Waals surface area contributed by atoms with Crippen LogP contribution in [-0.4, -0.2) is 20.4 Å². The first kappa shape index (κ1) is 16.2. The highest BCUT2D eigenvalue weighted by atomic mass is 35.5. The van der Waals surface area contributed by atoms with Crippen LogP contribution in [0, 0.1) is 0 Å². The summed E-state index contributed by atoms with van der Waals surface area (Å²) in [6.07, 6.45) is 1.96. The molecule has 1 unspecified atom stereocenters. The summed E-state index contributed by atoms with van der Waals surface area (Å²) in [4.78, 5) is 5.03. The lowest BCUT2D eigenvalue weighted by atomic mass is 10.2. The molecule has 114 valence electrons. The molecule has 0 aliphatic heterocycles. The molecule has 2 aromatic rings. The van der Waals surface area contributed by atoms with Gasteiger partial charge >= 0.3 is 0 Å². The Hall–Kier alpha value is -1.15. The molecule has 0 aromatic carbocycles. The number of hydrogen-bond acceptors (Lipinski definition) is 5. The zero-order valence-corrected chi connectivity index (χ0v) is 14.0. The van der Waals surface area contributed by atoms with E-state index in [0.29, 0.717) is 12.2 Å². The van der Waals surface area contributed by atoms with Crippen LogP contribution >= 0.6 is 22.9 Å². The van der Waals surface area contributed by atoms with E-state index in [9.17, 15) is 8.42 Å². The summed E-state index contributed by atoms with van der Waals surface area (Å²) in [6, 6.07) is 4.95. The van der Waals surface area contributed by atoms with Crippen LogP contribution in [0.4, 0.5) is 5.82 Å². The predicted molar refractivity (Wildman–Crippen MR) is 86.5 cm³/mol. The van der Waals surface area contributed by atoms with E-state index >= 15 is 0 Å². The largest absolute Gasteiger partial charge is 0.372 e. The molecule has 21 heavy (non-hydrogen) atoms. The van der Waals surface area contributed by atoms with Gasteiger partial charge in [-0.15, -0.1) is 11.3 Å². The molecule has 0 saturated carbocycles. The van der Waals surface area contributed by atoms with Gasteiger partial charge in [0.2, 0.25) is 10.0 Å². The fraction of sp³-hybridized carbons (Fsp3) is 0.308. The van der Waals surface area contributed by atoms with Gasteiger partial charge in [-0.1, -0.05) is 24.6 Å². The summed E-state index contributed by atoms with van der Waals surface area (Å²) in [5.74, 6) is 0.445. The van der Waals surface area contributed by atoms with Gasteiger partial charge in [0.05, 0.1) is 11.1 Å². The van der Waals surface area contributed by atoms with Gasteiger partial charge < -0.3 is 5.32 Å². The molecule has 0 saturated heterocycles. The molecule has 0 aliphatic rings. The maximum atomic E-state index is 12.4. The minimum Gasteiger partial charge on any atom is -0.372 e. The quantitative estimate of drug-likeness (QED) is 0.842. The highest BCUT2D eigenvalue weighted by molar-refractivity contribution is 7.89. The molecule has 0 fully saturated rings. The number of sulfonamides is 1. The number of hydrogen-bond donors (Lipinski definition) is 2. The molecule has 0 aliphatic carbocycles. The van der Waals surface area contributed by atoms with Crippen LogP contribution in [0.5, 0.6) is 0 Å². The topological polar surface area (TPSA) is 71.1 Å². The van der Waals surface area contributed by atoms with Gasteiger partial charge in [-0.2, -0.15) is 0 Å². The van der Waals surface area contributed by atoms with Crippen molar-refractivity contribution in [3.63, 3.8) is 0 Å². The minimum absolute atomic E-state index is 0.0570. The van der Waals surface area contributed by atoms with Gasteiger partial charge in [-0.3, -0.25) is 0 Å². The van der Waals surface area contributed by atoms with E-state index in [0.717, 1.165) is 4.88 Å². The van der Waals surface area contributed by atoms with Crippen molar-refractivity contribution >= 4 is 38.8 Å². The van der Waals surface area contributed by atoms with Crippen molar-refractivity contribution in [2.45, 2.75) is 24.3 Å². The molecule has 2 rings (SSSR count). The third-order valence-electron chi connectivity index (χ3n) is 2.96. The lowest BCUT2D eigenvalue weighted by Crippen LogP contribution is -2.28. The molecule has 0 radical (unpaired) electrons. The number of anilines is 1. The predicted octanol–water partition coefficient (Wildman–Crippen LogP) is 3.27. The molecule has 2 N–H and O–H groups in total. The highest BCUT2D eigenvalue weighted by Gasteiger charge is 2.22. The van der Waals surface area contributed by atoms with Crippen molar-refractivity contribution in [2.75, 3.05) is 12.4 Å². The summed E-state index contributed by atoms with van der Waals surface area (Å²) in [7, 11) is -1.99. The smallest absolute Gasteiger partial charge is 0.242 e. The zero-order chi connectivity index (χ0) is 15.5. The fourth-order valence-corrected chi connectivity index (χ4v) is 4.37. The summed E-state index contributed by atoms with van der Waals surface area (Å²) < 4.78 is 27.5. The summed E-state index contributed by atoms with van der Waals surface area (Å²) in [6.45, 7) is 1.93. The van der Waals surface area contributed by atoms with E-state index in [2.05, 4.69) is 15.0 Å². The van der Waals surface area contributed by atoms with Crippen molar-refractivity contribution in [1.29, 1.82) is 0 Å². The Bertz CT molecular complexity index is 702. The van der Waals surface area contributed by atoms with Crippen molar-refractivity contribution < 1.29 is 8.42 Å². The molecular weight excluding hydrogens is 330 g/mol. The molecule has 2 aromatic heterocycles. The number of pyridine rings is 1. The SMILES string of the molecule is CCC(NS(=O)(=O)c1cnc(NC)c(Cl)c1)c1cccs1. The highest BCUT2D eigenvalue weighted by Crippen LogP contribution is 2.26. The van der Waals surface area contributed by atoms with Crippen LogP contribution in [0.15, 0.2) is 34.7 Å². The van der Waals surface area contributed by atoms with Crippen molar-refractivity contribution in [1.82, 2.24) is 9.71 Å². The van der Waals surface area contributed by atoms with Crippen molar-refractivity contribution in [3.05, 3.63) is 39.7 Å². The monoisotopic (exact) mass is 345 g/mol. The Labute approximate surface area is 133 Å². The van der Waals surface area contributed by atoms with Gasteiger partial charge in [0, 0.05) is 18.1 Å². The van der Waals surface area contributed by atoms with E-state index in [-0.39, 0.29) is 16.0 Å². The first-order valence-electron chi connectivity index (χ1n) is 6.37. The number of halogens is 1. The van der Waals surface area contributed by atoms with Crippen LogP contribution < -0.4 is 10.0 Å². The second-order valence-corrected chi connectivity index (χ2v) is 7.45. The van der Waals surface area contributed by atoms with Gasteiger partial charge in [-0.25, -0.2) is 18.1 Å². The van der Waals surface area contributed by atoms with Gasteiger partial charge in [0.1, 0.15) is 10.7 Å². The summed E-state index contributed by atoms with van der Waals surface area (Å²) >= 11 is 7.51. The lowest BCUT2D eigenvalue weighted by molar-refractivity contribution is 0.553. The Morgan fingerprint density at radius 3 is 2.76 bits per heavy atom. The van der Waals surface area contributed by atoms with E-state index in [1.54, 1.807) is 7.05 Å². The second kappa shape index (κ2) is 6.74. The molecule has 1 atom stereocenters. The maximum absolute atomic E-state index is 12.4. The minimum atomic E-state index is -3.66. The van der Waals surface area contributed by atoms with Crippen LogP contribution in [0.1, 0.15) is 24.3 Å². The number of aromatic nitrogens is 1. The molecule has 8 heteroatoms. The Balaban J connectivity index is 2.27. The standard InChI is InChI=1S/C13H16ClN3O2S2/c1-3-11(12-5-4-6-20-12)17-21(18,19)9-7-10(14)13(15-2)16-8-9/h4-8,11,17H,3H2,1-2H3,(H,15,16). The van der Waals surface area contributed by atoms with Crippen molar-refractivity contribution in [3.8, 4) is 0 Å². The van der Waals surface area contributed by atoms with E-state index < -0.39 is 10.0 Å². The number of nitrogens with one attached hydrogen (secondary N) is 2. The van der Waals surface area contributed by atoms with E-state index in [1.165, 1.54) is 23.6 Å². The van der Waals surface area contributed by atoms with Gasteiger partial charge in [0.15, 0.2) is 0 Å². The molecular formula is C13H16ClN3O2S2. The third kappa shape index (κ3) is 3.74. The molecule has 0 amide bonds. The Morgan fingerprint density at radius 1 is 1.48 bits per heavy atom. The van der Waals surface area contributed by atoms with Crippen LogP contribution in [0.3, 0.4) is 0 Å². The Kier molecular flexibility index (Phi) is 5.21. The lowest BCUT2D eigenvalue weighted by Gasteiger charge is -2.16. The molecule has 0 spiro atoms.